The zero-order valence-corrected chi connectivity index (χ0v) is 13.1. The summed E-state index contributed by atoms with van der Waals surface area (Å²) >= 11 is 0. The highest BCUT2D eigenvalue weighted by Gasteiger charge is 2.18. The zero-order valence-electron chi connectivity index (χ0n) is 13.1. The Balaban J connectivity index is 2.40. The molecule has 7 heteroatoms. The lowest BCUT2D eigenvalue weighted by Crippen LogP contribution is -2.20. The van der Waals surface area contributed by atoms with Crippen molar-refractivity contribution in [3.63, 3.8) is 0 Å². The van der Waals surface area contributed by atoms with Gasteiger partial charge in [0.25, 0.3) is 0 Å². The minimum atomic E-state index is -0.917. The first kappa shape index (κ1) is 16.6. The summed E-state index contributed by atoms with van der Waals surface area (Å²) in [7, 11) is 0. The van der Waals surface area contributed by atoms with Gasteiger partial charge in [0.15, 0.2) is 17.0 Å². The van der Waals surface area contributed by atoms with Gasteiger partial charge in [-0.1, -0.05) is 0 Å². The van der Waals surface area contributed by atoms with E-state index in [-0.39, 0.29) is 28.8 Å². The summed E-state index contributed by atoms with van der Waals surface area (Å²) in [6.45, 7) is 1.66. The van der Waals surface area contributed by atoms with E-state index >= 15 is 0 Å². The van der Waals surface area contributed by atoms with Gasteiger partial charge < -0.3 is 9.84 Å². The molecule has 0 atom stereocenters. The third-order valence-electron chi connectivity index (χ3n) is 3.67. The van der Waals surface area contributed by atoms with Crippen molar-refractivity contribution in [2.24, 2.45) is 0 Å². The molecule has 1 heterocycles. The molecule has 0 unspecified atom stereocenters. The number of phenolic OH excluding ortho intramolecular Hbond substituents is 1. The Bertz CT molecular complexity index is 1040. The lowest BCUT2D eigenvalue weighted by Gasteiger charge is -2.15. The maximum atomic E-state index is 13.7. The number of nitrogens with zero attached hydrogens (tertiary/aromatic N) is 1. The molecule has 0 spiro atoms. The second-order valence-electron chi connectivity index (χ2n) is 5.26. The van der Waals surface area contributed by atoms with Crippen molar-refractivity contribution < 1.29 is 23.4 Å². The Morgan fingerprint density at radius 1 is 1.16 bits per heavy atom. The second kappa shape index (κ2) is 6.35. The average molecular weight is 345 g/mol. The smallest absolute Gasteiger partial charge is 0.418 e. The number of carbonyl (C=O) groups is 1. The topological polar surface area (TPSA) is 68.5 Å². The van der Waals surface area contributed by atoms with E-state index in [9.17, 15) is 23.5 Å². The molecule has 0 bridgehead atoms. The highest BCUT2D eigenvalue weighted by Crippen LogP contribution is 2.27. The molecule has 0 amide bonds. The van der Waals surface area contributed by atoms with Crippen LogP contribution in [0.3, 0.4) is 0 Å². The molecular weight excluding hydrogens is 332 g/mol. The Labute approximate surface area is 140 Å². The molecule has 1 aromatic heterocycles. The van der Waals surface area contributed by atoms with Crippen LogP contribution in [0.15, 0.2) is 47.3 Å². The summed E-state index contributed by atoms with van der Waals surface area (Å²) in [4.78, 5) is 24.7. The van der Waals surface area contributed by atoms with E-state index in [0.717, 1.165) is 34.9 Å². The summed E-state index contributed by atoms with van der Waals surface area (Å²) in [6, 6.07) is 7.97. The molecule has 0 fully saturated rings. The minimum Gasteiger partial charge on any atom is -0.505 e. The fraction of sp³-hybridized carbons (Fsp3) is 0.111. The summed E-state index contributed by atoms with van der Waals surface area (Å²) in [5.74, 6) is -2.13. The van der Waals surface area contributed by atoms with Crippen molar-refractivity contribution in [2.45, 2.75) is 6.92 Å². The standard InChI is InChI=1S/C18H13F2NO4/c1-2-25-18(24)21-14(10-3-6-16(22)13(20)7-10)9-17(23)12-5-4-11(19)8-15(12)21/h3-9,22H,2H2,1H3. The van der Waals surface area contributed by atoms with Crippen LogP contribution in [0.2, 0.25) is 0 Å². The van der Waals surface area contributed by atoms with Crippen molar-refractivity contribution in [3.8, 4) is 17.0 Å². The van der Waals surface area contributed by atoms with Crippen LogP contribution in [-0.4, -0.2) is 22.4 Å². The Morgan fingerprint density at radius 3 is 2.60 bits per heavy atom. The first-order valence-electron chi connectivity index (χ1n) is 7.43. The van der Waals surface area contributed by atoms with Crippen LogP contribution >= 0.6 is 0 Å². The summed E-state index contributed by atoms with van der Waals surface area (Å²) < 4.78 is 33.4. The molecule has 0 radical (unpaired) electrons. The number of benzene rings is 2. The SMILES string of the molecule is CCOC(=O)n1c(-c2ccc(O)c(F)c2)cc(=O)c2ccc(F)cc21. The first-order valence-corrected chi connectivity index (χ1v) is 7.43. The van der Waals surface area contributed by atoms with Crippen LogP contribution < -0.4 is 5.43 Å². The molecule has 25 heavy (non-hydrogen) atoms. The summed E-state index contributed by atoms with van der Waals surface area (Å²) in [5, 5.41) is 9.45. The molecule has 128 valence electrons. The normalized spacial score (nSPS) is 10.8. The fourth-order valence-electron chi connectivity index (χ4n) is 2.56. The number of hydrogen-bond donors (Lipinski definition) is 1. The van der Waals surface area contributed by atoms with E-state index in [2.05, 4.69) is 0 Å². The molecule has 0 aliphatic carbocycles. The Kier molecular flexibility index (Phi) is 4.22. The van der Waals surface area contributed by atoms with Crippen molar-refractivity contribution >= 4 is 17.0 Å². The van der Waals surface area contributed by atoms with Crippen molar-refractivity contribution in [1.82, 2.24) is 4.57 Å². The third kappa shape index (κ3) is 2.96. The Hall–Kier alpha value is -3.22. The average Bonchev–Trinajstić information content (AvgIpc) is 2.57. The van der Waals surface area contributed by atoms with Crippen LogP contribution in [0, 0.1) is 11.6 Å². The number of hydrogen-bond acceptors (Lipinski definition) is 4. The number of rotatable bonds is 2. The molecule has 3 rings (SSSR count). The molecule has 2 aromatic carbocycles. The van der Waals surface area contributed by atoms with E-state index in [0.29, 0.717) is 0 Å². The molecule has 0 aliphatic rings. The number of halogens is 2. The third-order valence-corrected chi connectivity index (χ3v) is 3.67. The molecule has 0 saturated heterocycles. The van der Waals surface area contributed by atoms with Gasteiger partial charge in [-0.3, -0.25) is 4.79 Å². The quantitative estimate of drug-likeness (QED) is 0.770. The van der Waals surface area contributed by atoms with Crippen LogP contribution in [0.1, 0.15) is 6.92 Å². The van der Waals surface area contributed by atoms with E-state index in [1.54, 1.807) is 6.92 Å². The number of ether oxygens (including phenoxy) is 1. The van der Waals surface area contributed by atoms with Crippen LogP contribution in [0.5, 0.6) is 5.75 Å². The molecular formula is C18H13F2NO4. The maximum absolute atomic E-state index is 13.7. The monoisotopic (exact) mass is 345 g/mol. The number of aromatic hydroxyl groups is 1. The highest BCUT2D eigenvalue weighted by molar-refractivity contribution is 5.92. The van der Waals surface area contributed by atoms with Gasteiger partial charge in [0, 0.05) is 17.0 Å². The molecule has 0 aliphatic heterocycles. The summed E-state index contributed by atoms with van der Waals surface area (Å²) in [5.41, 5.74) is -0.263. The Morgan fingerprint density at radius 2 is 1.92 bits per heavy atom. The predicted octanol–water partition coefficient (Wildman–Crippen LogP) is 3.66. The molecule has 0 saturated carbocycles. The van der Waals surface area contributed by atoms with Gasteiger partial charge >= 0.3 is 6.09 Å². The van der Waals surface area contributed by atoms with Crippen molar-refractivity contribution in [2.75, 3.05) is 6.61 Å². The number of phenols is 1. The van der Waals surface area contributed by atoms with E-state index in [4.69, 9.17) is 4.74 Å². The minimum absolute atomic E-state index is 0.00873. The van der Waals surface area contributed by atoms with Gasteiger partial charge in [0.2, 0.25) is 0 Å². The molecule has 5 nitrogen and oxygen atoms in total. The van der Waals surface area contributed by atoms with Crippen LogP contribution in [-0.2, 0) is 4.74 Å². The van der Waals surface area contributed by atoms with E-state index in [1.165, 1.54) is 12.1 Å². The number of aromatic nitrogens is 1. The van der Waals surface area contributed by atoms with Crippen LogP contribution in [0.4, 0.5) is 13.6 Å². The second-order valence-corrected chi connectivity index (χ2v) is 5.26. The first-order chi connectivity index (χ1) is 11.9. The number of fused-ring (bicyclic) bond motifs is 1. The van der Waals surface area contributed by atoms with Gasteiger partial charge in [-0.15, -0.1) is 0 Å². The predicted molar refractivity (Wildman–Crippen MR) is 87.6 cm³/mol. The number of pyridine rings is 1. The zero-order chi connectivity index (χ0) is 18.1. The van der Waals surface area contributed by atoms with Gasteiger partial charge in [-0.25, -0.2) is 18.1 Å². The fourth-order valence-corrected chi connectivity index (χ4v) is 2.56. The van der Waals surface area contributed by atoms with Crippen LogP contribution in [0.25, 0.3) is 22.2 Å². The van der Waals surface area contributed by atoms with E-state index in [1.807, 2.05) is 0 Å². The van der Waals surface area contributed by atoms with Gasteiger partial charge in [-0.2, -0.15) is 0 Å². The highest BCUT2D eigenvalue weighted by atomic mass is 19.1. The van der Waals surface area contributed by atoms with Gasteiger partial charge in [0.1, 0.15) is 5.82 Å². The lowest BCUT2D eigenvalue weighted by atomic mass is 10.1. The molecule has 3 aromatic rings. The summed E-state index contributed by atoms with van der Waals surface area (Å²) in [6.07, 6.45) is -0.832. The van der Waals surface area contributed by atoms with Gasteiger partial charge in [-0.05, 0) is 43.3 Å². The number of carbonyl (C=O) groups excluding carboxylic acids is 1. The maximum Gasteiger partial charge on any atom is 0.418 e. The van der Waals surface area contributed by atoms with Crippen molar-refractivity contribution in [3.05, 3.63) is 64.3 Å². The van der Waals surface area contributed by atoms with E-state index < -0.39 is 28.9 Å². The largest absolute Gasteiger partial charge is 0.505 e. The lowest BCUT2D eigenvalue weighted by molar-refractivity contribution is 0.155. The van der Waals surface area contributed by atoms with Gasteiger partial charge in [0.05, 0.1) is 17.8 Å². The molecule has 1 N–H and O–H groups in total. The van der Waals surface area contributed by atoms with Crippen molar-refractivity contribution in [1.29, 1.82) is 0 Å².